The van der Waals surface area contributed by atoms with E-state index in [9.17, 15) is 4.79 Å². The fourth-order valence-electron chi connectivity index (χ4n) is 2.76. The number of nitrogens with zero attached hydrogens (tertiary/aromatic N) is 1. The van der Waals surface area contributed by atoms with Gasteiger partial charge in [-0.25, -0.2) is 5.43 Å². The van der Waals surface area contributed by atoms with Crippen LogP contribution in [0.2, 0.25) is 0 Å². The van der Waals surface area contributed by atoms with Gasteiger partial charge in [0.25, 0.3) is 5.91 Å². The molecule has 4 rings (SSSR count). The molecule has 0 fully saturated rings. The molecular weight excluding hydrogens is 436 g/mol. The predicted molar refractivity (Wildman–Crippen MR) is 113 cm³/mol. The van der Waals surface area contributed by atoms with E-state index < -0.39 is 0 Å². The van der Waals surface area contributed by atoms with Crippen molar-refractivity contribution in [1.82, 2.24) is 5.43 Å². The molecule has 1 N–H and O–H groups in total. The average molecular weight is 453 g/mol. The van der Waals surface area contributed by atoms with Crippen LogP contribution in [0, 0.1) is 0 Å². The Bertz CT molecular complexity index is 1040. The van der Waals surface area contributed by atoms with Gasteiger partial charge in [-0.15, -0.1) is 0 Å². The van der Waals surface area contributed by atoms with E-state index in [1.165, 1.54) is 6.21 Å². The van der Waals surface area contributed by atoms with Crippen molar-refractivity contribution >= 4 is 28.1 Å². The predicted octanol–water partition coefficient (Wildman–Crippen LogP) is 4.37. The van der Waals surface area contributed by atoms with Gasteiger partial charge < -0.3 is 14.2 Å². The molecule has 3 aromatic carbocycles. The molecule has 0 saturated carbocycles. The normalized spacial score (nSPS) is 12.2. The number of hydrogen-bond acceptors (Lipinski definition) is 5. The second kappa shape index (κ2) is 8.79. The van der Waals surface area contributed by atoms with Crippen LogP contribution in [0.15, 0.2) is 76.3 Å². The molecule has 29 heavy (non-hydrogen) atoms. The van der Waals surface area contributed by atoms with Crippen molar-refractivity contribution in [1.29, 1.82) is 0 Å². The molecule has 0 spiro atoms. The molecule has 146 valence electrons. The first kappa shape index (κ1) is 19.0. The smallest absolute Gasteiger partial charge is 0.277 e. The maximum atomic E-state index is 12.0. The van der Waals surface area contributed by atoms with Crippen LogP contribution in [0.25, 0.3) is 11.1 Å². The van der Waals surface area contributed by atoms with E-state index in [2.05, 4.69) is 26.5 Å². The first-order valence-electron chi connectivity index (χ1n) is 8.88. The number of amides is 1. The van der Waals surface area contributed by atoms with Crippen LogP contribution in [0.4, 0.5) is 0 Å². The highest BCUT2D eigenvalue weighted by molar-refractivity contribution is 9.10. The molecule has 0 bridgehead atoms. The van der Waals surface area contributed by atoms with Gasteiger partial charge in [-0.3, -0.25) is 4.79 Å². The molecule has 7 heteroatoms. The Hall–Kier alpha value is -3.32. The van der Waals surface area contributed by atoms with Crippen LogP contribution in [0.5, 0.6) is 17.2 Å². The van der Waals surface area contributed by atoms with Gasteiger partial charge in [0.15, 0.2) is 18.1 Å². The average Bonchev–Trinajstić information content (AvgIpc) is 3.20. The van der Waals surface area contributed by atoms with Crippen LogP contribution in [-0.4, -0.2) is 25.5 Å². The molecular formula is C22H17BrN2O4. The first-order chi connectivity index (χ1) is 14.2. The number of fused-ring (bicyclic) bond motifs is 1. The lowest BCUT2D eigenvalue weighted by Crippen LogP contribution is -2.24. The Balaban J connectivity index is 1.29. The Morgan fingerprint density at radius 1 is 1.03 bits per heavy atom. The van der Waals surface area contributed by atoms with Gasteiger partial charge in [-0.1, -0.05) is 42.5 Å². The summed E-state index contributed by atoms with van der Waals surface area (Å²) < 4.78 is 16.9. The third-order valence-corrected chi connectivity index (χ3v) is 4.90. The minimum absolute atomic E-state index is 0.135. The lowest BCUT2D eigenvalue weighted by molar-refractivity contribution is -0.123. The summed E-state index contributed by atoms with van der Waals surface area (Å²) in [5.41, 5.74) is 5.41. The lowest BCUT2D eigenvalue weighted by atomic mass is 10.1. The van der Waals surface area contributed by atoms with Crippen molar-refractivity contribution in [3.63, 3.8) is 0 Å². The second-order valence-electron chi connectivity index (χ2n) is 6.20. The van der Waals surface area contributed by atoms with Gasteiger partial charge in [0.1, 0.15) is 5.75 Å². The SMILES string of the molecule is O=C(COc1ccc(-c2ccccc2)cc1)N/N=C\c1cc2c(cc1Br)OCO2. The van der Waals surface area contributed by atoms with Crippen LogP contribution in [0.3, 0.4) is 0 Å². The number of carbonyl (C=O) groups is 1. The Morgan fingerprint density at radius 2 is 1.72 bits per heavy atom. The van der Waals surface area contributed by atoms with E-state index in [4.69, 9.17) is 14.2 Å². The number of hydrogen-bond donors (Lipinski definition) is 1. The quantitative estimate of drug-likeness (QED) is 0.445. The van der Waals surface area contributed by atoms with Crippen LogP contribution in [0.1, 0.15) is 5.56 Å². The molecule has 0 aromatic heterocycles. The van der Waals surface area contributed by atoms with Crippen molar-refractivity contribution in [3.05, 3.63) is 76.8 Å². The largest absolute Gasteiger partial charge is 0.484 e. The monoisotopic (exact) mass is 452 g/mol. The zero-order valence-electron chi connectivity index (χ0n) is 15.3. The second-order valence-corrected chi connectivity index (χ2v) is 7.05. The topological polar surface area (TPSA) is 69.2 Å². The highest BCUT2D eigenvalue weighted by atomic mass is 79.9. The van der Waals surface area contributed by atoms with Crippen molar-refractivity contribution in [2.24, 2.45) is 5.10 Å². The summed E-state index contributed by atoms with van der Waals surface area (Å²) in [4.78, 5) is 12.0. The molecule has 0 aliphatic carbocycles. The molecule has 0 saturated heterocycles. The highest BCUT2D eigenvalue weighted by Gasteiger charge is 2.15. The summed E-state index contributed by atoms with van der Waals surface area (Å²) in [6.45, 7) is 0.0626. The molecule has 0 unspecified atom stereocenters. The van der Waals surface area contributed by atoms with E-state index in [0.717, 1.165) is 21.2 Å². The van der Waals surface area contributed by atoms with Gasteiger partial charge >= 0.3 is 0 Å². The summed E-state index contributed by atoms with van der Waals surface area (Å²) >= 11 is 3.44. The zero-order valence-corrected chi connectivity index (χ0v) is 16.9. The molecule has 0 radical (unpaired) electrons. The number of halogens is 1. The summed E-state index contributed by atoms with van der Waals surface area (Å²) in [7, 11) is 0. The van der Waals surface area contributed by atoms with Crippen LogP contribution in [-0.2, 0) is 4.79 Å². The maximum absolute atomic E-state index is 12.0. The van der Waals surface area contributed by atoms with Gasteiger partial charge in [0.05, 0.1) is 6.21 Å². The van der Waals surface area contributed by atoms with Crippen molar-refractivity contribution in [2.45, 2.75) is 0 Å². The Labute approximate surface area is 176 Å². The van der Waals surface area contributed by atoms with E-state index in [0.29, 0.717) is 17.2 Å². The number of hydrazone groups is 1. The van der Waals surface area contributed by atoms with Crippen LogP contribution >= 0.6 is 15.9 Å². The summed E-state index contributed by atoms with van der Waals surface area (Å²) in [5.74, 6) is 1.57. The number of ether oxygens (including phenoxy) is 3. The highest BCUT2D eigenvalue weighted by Crippen LogP contribution is 2.36. The third kappa shape index (κ3) is 4.75. The Morgan fingerprint density at radius 3 is 2.48 bits per heavy atom. The minimum Gasteiger partial charge on any atom is -0.484 e. The van der Waals surface area contributed by atoms with Gasteiger partial charge in [-0.2, -0.15) is 5.10 Å². The number of nitrogens with one attached hydrogen (secondary N) is 1. The number of benzene rings is 3. The number of rotatable bonds is 6. The van der Waals surface area contributed by atoms with E-state index in [-0.39, 0.29) is 19.3 Å². The molecule has 3 aromatic rings. The van der Waals surface area contributed by atoms with Crippen molar-refractivity contribution in [3.8, 4) is 28.4 Å². The van der Waals surface area contributed by atoms with Gasteiger partial charge in [-0.05, 0) is 51.3 Å². The summed E-state index contributed by atoms with van der Waals surface area (Å²) in [5, 5.41) is 3.96. The molecule has 1 heterocycles. The van der Waals surface area contributed by atoms with Gasteiger partial charge in [0.2, 0.25) is 6.79 Å². The first-order valence-corrected chi connectivity index (χ1v) is 9.68. The molecule has 0 atom stereocenters. The van der Waals surface area contributed by atoms with Crippen LogP contribution < -0.4 is 19.6 Å². The summed E-state index contributed by atoms with van der Waals surface area (Å²) in [6.07, 6.45) is 1.53. The van der Waals surface area contributed by atoms with Crippen molar-refractivity contribution < 1.29 is 19.0 Å². The standard InChI is InChI=1S/C22H17BrN2O4/c23-19-11-21-20(28-14-29-21)10-17(19)12-24-25-22(26)13-27-18-8-6-16(7-9-18)15-4-2-1-3-5-15/h1-12H,13-14H2,(H,25,26)/b24-12-. The lowest BCUT2D eigenvalue weighted by Gasteiger charge is -2.07. The van der Waals surface area contributed by atoms with E-state index >= 15 is 0 Å². The molecule has 1 amide bonds. The Kier molecular flexibility index (Phi) is 5.76. The number of carbonyl (C=O) groups excluding carboxylic acids is 1. The van der Waals surface area contributed by atoms with E-state index in [1.54, 1.807) is 12.1 Å². The molecule has 1 aliphatic heterocycles. The summed E-state index contributed by atoms with van der Waals surface area (Å²) in [6, 6.07) is 21.2. The molecule has 6 nitrogen and oxygen atoms in total. The van der Waals surface area contributed by atoms with Crippen molar-refractivity contribution in [2.75, 3.05) is 13.4 Å². The van der Waals surface area contributed by atoms with E-state index in [1.807, 2.05) is 54.6 Å². The minimum atomic E-state index is -0.356. The zero-order chi connectivity index (χ0) is 20.1. The third-order valence-electron chi connectivity index (χ3n) is 4.22. The fraction of sp³-hybridized carbons (Fsp3) is 0.0909. The molecule has 1 aliphatic rings. The maximum Gasteiger partial charge on any atom is 0.277 e. The fourth-order valence-corrected chi connectivity index (χ4v) is 3.19. The van der Waals surface area contributed by atoms with Gasteiger partial charge in [0, 0.05) is 10.0 Å².